The van der Waals surface area contributed by atoms with Crippen LogP contribution in [0.25, 0.3) is 0 Å². The molecule has 0 aliphatic rings. The predicted octanol–water partition coefficient (Wildman–Crippen LogP) is 1.44. The lowest BCUT2D eigenvalue weighted by Gasteiger charge is -2.18. The maximum atomic E-state index is 9.50. The first-order valence-corrected chi connectivity index (χ1v) is 4.76. The van der Waals surface area contributed by atoms with Crippen molar-refractivity contribution in [1.82, 2.24) is 4.98 Å². The van der Waals surface area contributed by atoms with Gasteiger partial charge >= 0.3 is 0 Å². The number of aromatic nitrogens is 1. The summed E-state index contributed by atoms with van der Waals surface area (Å²) in [7, 11) is 0. The molecule has 0 aliphatic heterocycles. The quantitative estimate of drug-likeness (QED) is 0.783. The summed E-state index contributed by atoms with van der Waals surface area (Å²) in [6, 6.07) is 5.64. The number of aliphatic hydroxyl groups is 1. The summed E-state index contributed by atoms with van der Waals surface area (Å²) >= 11 is 0. The van der Waals surface area contributed by atoms with E-state index in [2.05, 4.69) is 10.3 Å². The second-order valence-electron chi connectivity index (χ2n) is 4.14. The molecule has 1 aromatic rings. The third-order valence-electron chi connectivity index (χ3n) is 1.90. The van der Waals surface area contributed by atoms with Crippen molar-refractivity contribution in [2.75, 3.05) is 11.9 Å². The van der Waals surface area contributed by atoms with Crippen LogP contribution in [0.1, 0.15) is 25.1 Å². The van der Waals surface area contributed by atoms with Crippen molar-refractivity contribution >= 4 is 5.82 Å². The number of rotatable bonds is 3. The molecule has 4 heteroatoms. The van der Waals surface area contributed by atoms with Gasteiger partial charge < -0.3 is 10.4 Å². The number of pyridine rings is 1. The summed E-state index contributed by atoms with van der Waals surface area (Å²) < 4.78 is 0. The zero-order valence-electron chi connectivity index (χ0n) is 9.20. The Morgan fingerprint density at radius 3 is 2.73 bits per heavy atom. The molecule has 0 spiro atoms. The van der Waals surface area contributed by atoms with Gasteiger partial charge in [0.05, 0.1) is 5.60 Å². The molecule has 1 heterocycles. The first kappa shape index (κ1) is 11.5. The van der Waals surface area contributed by atoms with Crippen molar-refractivity contribution in [3.63, 3.8) is 0 Å². The van der Waals surface area contributed by atoms with Gasteiger partial charge in [-0.25, -0.2) is 4.98 Å². The van der Waals surface area contributed by atoms with Crippen LogP contribution in [0.2, 0.25) is 0 Å². The number of nitriles is 1. The first-order chi connectivity index (χ1) is 6.92. The van der Waals surface area contributed by atoms with Gasteiger partial charge in [0.15, 0.2) is 0 Å². The van der Waals surface area contributed by atoms with Crippen molar-refractivity contribution < 1.29 is 5.11 Å². The highest BCUT2D eigenvalue weighted by atomic mass is 16.3. The van der Waals surface area contributed by atoms with Crippen LogP contribution in [0.5, 0.6) is 0 Å². The minimum atomic E-state index is -0.792. The highest BCUT2D eigenvalue weighted by Crippen LogP contribution is 2.10. The SMILES string of the molecule is Cc1ccc(NCC(C)(C)O)nc1C#N. The van der Waals surface area contributed by atoms with Crippen molar-refractivity contribution in [2.24, 2.45) is 0 Å². The van der Waals surface area contributed by atoms with Crippen LogP contribution >= 0.6 is 0 Å². The average molecular weight is 205 g/mol. The Labute approximate surface area is 89.6 Å². The summed E-state index contributed by atoms with van der Waals surface area (Å²) in [5.74, 6) is 0.610. The average Bonchev–Trinajstić information content (AvgIpc) is 2.15. The maximum absolute atomic E-state index is 9.50. The largest absolute Gasteiger partial charge is 0.389 e. The molecule has 0 radical (unpaired) electrons. The van der Waals surface area contributed by atoms with Gasteiger partial charge in [-0.2, -0.15) is 5.26 Å². The van der Waals surface area contributed by atoms with E-state index in [4.69, 9.17) is 5.26 Å². The monoisotopic (exact) mass is 205 g/mol. The van der Waals surface area contributed by atoms with Crippen LogP contribution in [-0.2, 0) is 0 Å². The number of nitrogens with zero attached hydrogens (tertiary/aromatic N) is 2. The van der Waals surface area contributed by atoms with E-state index in [-0.39, 0.29) is 0 Å². The number of hydrogen-bond acceptors (Lipinski definition) is 4. The third-order valence-corrected chi connectivity index (χ3v) is 1.90. The second kappa shape index (κ2) is 4.28. The van der Waals surface area contributed by atoms with Gasteiger partial charge in [0.1, 0.15) is 17.6 Å². The Kier molecular flexibility index (Phi) is 3.28. The minimum Gasteiger partial charge on any atom is -0.389 e. The van der Waals surface area contributed by atoms with Crippen LogP contribution in [0.15, 0.2) is 12.1 Å². The van der Waals surface area contributed by atoms with E-state index in [1.807, 2.05) is 19.1 Å². The smallest absolute Gasteiger partial charge is 0.145 e. The lowest BCUT2D eigenvalue weighted by atomic mass is 10.1. The van der Waals surface area contributed by atoms with Crippen LogP contribution in [0, 0.1) is 18.3 Å². The summed E-state index contributed by atoms with van der Waals surface area (Å²) in [4.78, 5) is 4.11. The highest BCUT2D eigenvalue weighted by Gasteiger charge is 2.12. The van der Waals surface area contributed by atoms with Crippen LogP contribution in [0.3, 0.4) is 0 Å². The van der Waals surface area contributed by atoms with Gasteiger partial charge in [0.2, 0.25) is 0 Å². The lowest BCUT2D eigenvalue weighted by Crippen LogP contribution is -2.29. The maximum Gasteiger partial charge on any atom is 0.145 e. The number of hydrogen-bond donors (Lipinski definition) is 2. The normalized spacial score (nSPS) is 10.9. The molecular formula is C11H15N3O. The van der Waals surface area contributed by atoms with E-state index in [0.29, 0.717) is 18.1 Å². The Hall–Kier alpha value is -1.60. The number of nitrogens with one attached hydrogen (secondary N) is 1. The van der Waals surface area contributed by atoms with Crippen molar-refractivity contribution in [2.45, 2.75) is 26.4 Å². The Balaban J connectivity index is 2.76. The van der Waals surface area contributed by atoms with E-state index in [0.717, 1.165) is 5.56 Å². The van der Waals surface area contributed by atoms with Crippen LogP contribution < -0.4 is 5.32 Å². The summed E-state index contributed by atoms with van der Waals surface area (Å²) in [5.41, 5.74) is 0.474. The van der Waals surface area contributed by atoms with Gasteiger partial charge in [0.25, 0.3) is 0 Å². The molecule has 0 unspecified atom stereocenters. The molecule has 80 valence electrons. The van der Waals surface area contributed by atoms with Crippen molar-refractivity contribution in [1.29, 1.82) is 5.26 Å². The Morgan fingerprint density at radius 1 is 1.53 bits per heavy atom. The highest BCUT2D eigenvalue weighted by molar-refractivity contribution is 5.42. The molecule has 0 amide bonds. The van der Waals surface area contributed by atoms with E-state index < -0.39 is 5.60 Å². The van der Waals surface area contributed by atoms with Gasteiger partial charge in [0, 0.05) is 6.54 Å². The summed E-state index contributed by atoms with van der Waals surface area (Å²) in [5, 5.41) is 21.3. The molecule has 0 aromatic carbocycles. The first-order valence-electron chi connectivity index (χ1n) is 4.76. The topological polar surface area (TPSA) is 68.9 Å². The zero-order chi connectivity index (χ0) is 11.5. The fourth-order valence-corrected chi connectivity index (χ4v) is 1.05. The molecule has 15 heavy (non-hydrogen) atoms. The van der Waals surface area contributed by atoms with Crippen LogP contribution in [0.4, 0.5) is 5.82 Å². The second-order valence-corrected chi connectivity index (χ2v) is 4.14. The van der Waals surface area contributed by atoms with E-state index in [1.54, 1.807) is 19.9 Å². The summed E-state index contributed by atoms with van der Waals surface area (Å²) in [6.45, 7) is 5.65. The third kappa shape index (κ3) is 3.56. The van der Waals surface area contributed by atoms with Gasteiger partial charge in [-0.3, -0.25) is 0 Å². The molecule has 1 rings (SSSR count). The molecule has 0 aliphatic carbocycles. The van der Waals surface area contributed by atoms with Crippen molar-refractivity contribution in [3.05, 3.63) is 23.4 Å². The lowest BCUT2D eigenvalue weighted by molar-refractivity contribution is 0.0944. The predicted molar refractivity (Wildman–Crippen MR) is 58.5 cm³/mol. The summed E-state index contributed by atoms with van der Waals surface area (Å²) in [6.07, 6.45) is 0. The molecule has 0 saturated carbocycles. The zero-order valence-corrected chi connectivity index (χ0v) is 9.20. The van der Waals surface area contributed by atoms with E-state index >= 15 is 0 Å². The van der Waals surface area contributed by atoms with Gasteiger partial charge in [-0.15, -0.1) is 0 Å². The van der Waals surface area contributed by atoms with Crippen LogP contribution in [-0.4, -0.2) is 22.2 Å². The molecule has 0 saturated heterocycles. The standard InChI is InChI=1S/C11H15N3O/c1-8-4-5-10(14-9(8)6-12)13-7-11(2,3)15/h4-5,15H,7H2,1-3H3,(H,13,14). The molecule has 0 bridgehead atoms. The van der Waals surface area contributed by atoms with Gasteiger partial charge in [-0.1, -0.05) is 6.07 Å². The molecule has 2 N–H and O–H groups in total. The van der Waals surface area contributed by atoms with Gasteiger partial charge in [-0.05, 0) is 32.4 Å². The number of aryl methyl sites for hydroxylation is 1. The molecule has 0 fully saturated rings. The molecular weight excluding hydrogens is 190 g/mol. The Morgan fingerprint density at radius 2 is 2.20 bits per heavy atom. The molecule has 4 nitrogen and oxygen atoms in total. The van der Waals surface area contributed by atoms with E-state index in [1.165, 1.54) is 0 Å². The minimum absolute atomic E-state index is 0.397. The fraction of sp³-hybridized carbons (Fsp3) is 0.455. The van der Waals surface area contributed by atoms with E-state index in [9.17, 15) is 5.11 Å². The van der Waals surface area contributed by atoms with Crippen molar-refractivity contribution in [3.8, 4) is 6.07 Å². The molecule has 0 atom stereocenters. The molecule has 1 aromatic heterocycles. The number of anilines is 1. The Bertz CT molecular complexity index is 388. The fourth-order valence-electron chi connectivity index (χ4n) is 1.05.